The first kappa shape index (κ1) is 26.0. The number of carbonyl (C=O) groups excluding carboxylic acids is 1. The molecule has 0 radical (unpaired) electrons. The Morgan fingerprint density at radius 3 is 2.51 bits per heavy atom. The predicted octanol–water partition coefficient (Wildman–Crippen LogP) is 6.08. The lowest BCUT2D eigenvalue weighted by Crippen LogP contribution is -2.38. The molecule has 2 heterocycles. The Hall–Kier alpha value is -2.12. The molecule has 0 spiro atoms. The van der Waals surface area contributed by atoms with Crippen molar-refractivity contribution >= 4 is 17.0 Å². The third-order valence-electron chi connectivity index (χ3n) is 7.25. The Bertz CT molecular complexity index is 984. The molecule has 1 atom stereocenters. The first-order chi connectivity index (χ1) is 16.7. The number of nitrogens with zero attached hydrogens (tertiary/aromatic N) is 4. The van der Waals surface area contributed by atoms with Crippen LogP contribution in [0.3, 0.4) is 0 Å². The third kappa shape index (κ3) is 6.76. The summed E-state index contributed by atoms with van der Waals surface area (Å²) < 4.78 is 13.7. The van der Waals surface area contributed by atoms with Gasteiger partial charge in [0.05, 0.1) is 11.2 Å². The summed E-state index contributed by atoms with van der Waals surface area (Å²) in [4.78, 5) is 16.2. The van der Waals surface area contributed by atoms with E-state index in [0.29, 0.717) is 12.5 Å². The van der Waals surface area contributed by atoms with E-state index in [2.05, 4.69) is 34.8 Å². The van der Waals surface area contributed by atoms with E-state index in [4.69, 9.17) is 14.6 Å². The standard InChI is InChI=1S/C28H44N4O3/c1-28(2,3)35-27(33)31(5)17-16-30(4)20-24-23-19-22(21-11-7-6-8-12-21)14-15-25(23)32(29-24)26-13-9-10-18-34-26/h14-15,19,21,26H,6-13,16-18,20H2,1-5H3. The normalized spacial score (nSPS) is 19.9. The van der Waals surface area contributed by atoms with E-state index in [1.54, 1.807) is 11.9 Å². The highest BCUT2D eigenvalue weighted by atomic mass is 16.6. The molecular formula is C28H44N4O3. The van der Waals surface area contributed by atoms with Crippen LogP contribution in [-0.4, -0.2) is 65.1 Å². The number of benzene rings is 1. The molecule has 2 aromatic rings. The van der Waals surface area contributed by atoms with Crippen molar-refractivity contribution in [2.75, 3.05) is 33.8 Å². The van der Waals surface area contributed by atoms with Crippen molar-refractivity contribution < 1.29 is 14.3 Å². The summed E-state index contributed by atoms with van der Waals surface area (Å²) in [7, 11) is 3.89. The van der Waals surface area contributed by atoms with Gasteiger partial charge in [-0.15, -0.1) is 0 Å². The van der Waals surface area contributed by atoms with Gasteiger partial charge in [-0.1, -0.05) is 25.3 Å². The summed E-state index contributed by atoms with van der Waals surface area (Å²) in [5.74, 6) is 0.662. The smallest absolute Gasteiger partial charge is 0.410 e. The maximum Gasteiger partial charge on any atom is 0.410 e. The fourth-order valence-corrected chi connectivity index (χ4v) is 5.25. The Labute approximate surface area is 210 Å². The van der Waals surface area contributed by atoms with Gasteiger partial charge in [0.2, 0.25) is 0 Å². The first-order valence-corrected chi connectivity index (χ1v) is 13.5. The molecule has 7 nitrogen and oxygen atoms in total. The Morgan fingerprint density at radius 2 is 1.83 bits per heavy atom. The number of ether oxygens (including phenoxy) is 2. The predicted molar refractivity (Wildman–Crippen MR) is 140 cm³/mol. The number of likely N-dealkylation sites (N-methyl/N-ethyl adjacent to an activating group) is 2. The monoisotopic (exact) mass is 484 g/mol. The molecule has 2 aliphatic rings. The van der Waals surface area contributed by atoms with Gasteiger partial charge in [-0.2, -0.15) is 5.10 Å². The minimum atomic E-state index is -0.486. The second kappa shape index (κ2) is 11.3. The molecule has 1 unspecified atom stereocenters. The minimum Gasteiger partial charge on any atom is -0.444 e. The van der Waals surface area contributed by atoms with Gasteiger partial charge in [-0.05, 0) is 83.5 Å². The van der Waals surface area contributed by atoms with Crippen molar-refractivity contribution in [1.29, 1.82) is 0 Å². The van der Waals surface area contributed by atoms with Crippen LogP contribution in [0.5, 0.6) is 0 Å². The number of carbonyl (C=O) groups is 1. The lowest BCUT2D eigenvalue weighted by Gasteiger charge is -2.26. The highest BCUT2D eigenvalue weighted by Gasteiger charge is 2.24. The van der Waals surface area contributed by atoms with Crippen molar-refractivity contribution in [3.8, 4) is 0 Å². The Balaban J connectivity index is 1.51. The second-order valence-electron chi connectivity index (χ2n) is 11.5. The molecule has 0 N–H and O–H groups in total. The quantitative estimate of drug-likeness (QED) is 0.476. The van der Waals surface area contributed by atoms with Gasteiger partial charge in [-0.25, -0.2) is 9.48 Å². The molecular weight excluding hydrogens is 440 g/mol. The molecule has 1 aliphatic carbocycles. The van der Waals surface area contributed by atoms with Crippen molar-refractivity contribution in [1.82, 2.24) is 19.6 Å². The van der Waals surface area contributed by atoms with Gasteiger partial charge in [0.1, 0.15) is 5.60 Å². The van der Waals surface area contributed by atoms with Crippen LogP contribution in [0.25, 0.3) is 10.9 Å². The zero-order valence-electron chi connectivity index (χ0n) is 22.4. The van der Waals surface area contributed by atoms with Crippen LogP contribution >= 0.6 is 0 Å². The van der Waals surface area contributed by atoms with Crippen LogP contribution in [0, 0.1) is 0 Å². The maximum atomic E-state index is 12.3. The molecule has 35 heavy (non-hydrogen) atoms. The van der Waals surface area contributed by atoms with Crippen LogP contribution < -0.4 is 0 Å². The average Bonchev–Trinajstić information content (AvgIpc) is 3.20. The number of fused-ring (bicyclic) bond motifs is 1. The van der Waals surface area contributed by atoms with E-state index < -0.39 is 5.60 Å². The molecule has 7 heteroatoms. The van der Waals surface area contributed by atoms with E-state index in [1.165, 1.54) is 55.0 Å². The van der Waals surface area contributed by atoms with Crippen LogP contribution in [0.1, 0.15) is 95.5 Å². The molecule has 1 saturated heterocycles. The summed E-state index contributed by atoms with van der Waals surface area (Å²) in [6.07, 6.45) is 9.66. The highest BCUT2D eigenvalue weighted by molar-refractivity contribution is 5.83. The first-order valence-electron chi connectivity index (χ1n) is 13.5. The summed E-state index contributed by atoms with van der Waals surface area (Å²) in [6.45, 7) is 8.55. The molecule has 1 aromatic heterocycles. The van der Waals surface area contributed by atoms with Gasteiger partial charge in [-0.3, -0.25) is 4.90 Å². The Morgan fingerprint density at radius 1 is 1.09 bits per heavy atom. The summed E-state index contributed by atoms with van der Waals surface area (Å²) in [6, 6.07) is 6.99. The number of hydrogen-bond donors (Lipinski definition) is 0. The van der Waals surface area contributed by atoms with E-state index >= 15 is 0 Å². The highest BCUT2D eigenvalue weighted by Crippen LogP contribution is 2.36. The molecule has 1 saturated carbocycles. The van der Waals surface area contributed by atoms with E-state index in [1.807, 2.05) is 20.8 Å². The molecule has 1 aromatic carbocycles. The molecule has 194 valence electrons. The zero-order chi connectivity index (χ0) is 25.0. The van der Waals surface area contributed by atoms with E-state index in [9.17, 15) is 4.79 Å². The lowest BCUT2D eigenvalue weighted by atomic mass is 9.84. The Kier molecular flexibility index (Phi) is 8.38. The zero-order valence-corrected chi connectivity index (χ0v) is 22.4. The van der Waals surface area contributed by atoms with Crippen molar-refractivity contribution in [2.24, 2.45) is 0 Å². The summed E-state index contributed by atoms with van der Waals surface area (Å²) in [5, 5.41) is 6.34. The number of rotatable bonds is 7. The number of aromatic nitrogens is 2. The number of amides is 1. The van der Waals surface area contributed by atoms with Gasteiger partial charge in [0, 0.05) is 38.7 Å². The topological polar surface area (TPSA) is 59.8 Å². The third-order valence-corrected chi connectivity index (χ3v) is 7.25. The molecule has 0 bridgehead atoms. The molecule has 2 fully saturated rings. The largest absolute Gasteiger partial charge is 0.444 e. The number of hydrogen-bond acceptors (Lipinski definition) is 5. The van der Waals surface area contributed by atoms with Gasteiger partial charge in [0.25, 0.3) is 0 Å². The van der Waals surface area contributed by atoms with Crippen LogP contribution in [0.15, 0.2) is 18.2 Å². The SMILES string of the molecule is CN(CCN(C)C(=O)OC(C)(C)C)Cc1nn(C2CCCCO2)c2ccc(C3CCCCC3)cc12. The molecule has 1 amide bonds. The van der Waals surface area contributed by atoms with E-state index in [0.717, 1.165) is 38.2 Å². The fourth-order valence-electron chi connectivity index (χ4n) is 5.25. The summed E-state index contributed by atoms with van der Waals surface area (Å²) >= 11 is 0. The van der Waals surface area contributed by atoms with Gasteiger partial charge in [0.15, 0.2) is 6.23 Å². The summed E-state index contributed by atoms with van der Waals surface area (Å²) in [5.41, 5.74) is 3.23. The maximum absolute atomic E-state index is 12.3. The van der Waals surface area contributed by atoms with Gasteiger partial charge < -0.3 is 14.4 Å². The van der Waals surface area contributed by atoms with Crippen molar-refractivity contribution in [3.05, 3.63) is 29.5 Å². The minimum absolute atomic E-state index is 0.0177. The van der Waals surface area contributed by atoms with Crippen LogP contribution in [-0.2, 0) is 16.0 Å². The second-order valence-corrected chi connectivity index (χ2v) is 11.5. The van der Waals surface area contributed by atoms with Crippen LogP contribution in [0.2, 0.25) is 0 Å². The van der Waals surface area contributed by atoms with E-state index in [-0.39, 0.29) is 12.3 Å². The van der Waals surface area contributed by atoms with Crippen molar-refractivity contribution in [2.45, 2.75) is 96.4 Å². The lowest BCUT2D eigenvalue weighted by molar-refractivity contribution is -0.0370. The molecule has 4 rings (SSSR count). The fraction of sp³-hybridized carbons (Fsp3) is 0.714. The molecule has 1 aliphatic heterocycles. The van der Waals surface area contributed by atoms with Crippen LogP contribution in [0.4, 0.5) is 4.79 Å². The van der Waals surface area contributed by atoms with Gasteiger partial charge >= 0.3 is 6.09 Å². The van der Waals surface area contributed by atoms with Crippen molar-refractivity contribution in [3.63, 3.8) is 0 Å². The average molecular weight is 485 g/mol.